The number of carbonyl (C=O) groups excluding carboxylic acids is 1. The molecule has 1 fully saturated rings. The molecule has 0 aliphatic heterocycles. The van der Waals surface area contributed by atoms with Gasteiger partial charge in [-0.15, -0.1) is 0 Å². The second-order valence-corrected chi connectivity index (χ2v) is 7.23. The van der Waals surface area contributed by atoms with E-state index in [1.807, 2.05) is 6.07 Å². The third-order valence-corrected chi connectivity index (χ3v) is 4.41. The highest BCUT2D eigenvalue weighted by Crippen LogP contribution is 2.56. The molecule has 1 heterocycles. The van der Waals surface area contributed by atoms with Crippen LogP contribution in [0.4, 0.5) is 0 Å². The Kier molecular flexibility index (Phi) is 1.98. The molecule has 2 aliphatic carbocycles. The van der Waals surface area contributed by atoms with Gasteiger partial charge in [-0.25, -0.2) is 0 Å². The van der Waals surface area contributed by atoms with Crippen LogP contribution in [-0.2, 0) is 6.42 Å². The summed E-state index contributed by atoms with van der Waals surface area (Å²) in [5.41, 5.74) is 2.80. The smallest absolute Gasteiger partial charge is 0.165 e. The standard InChI is InChI=1S/C15H21NO/c1-14(2)7-11-10(12(17)8-14)5-6-16(11)13-9-15(13,3)4/h5-6,13H,7-9H2,1-4H3. The van der Waals surface area contributed by atoms with Crippen molar-refractivity contribution in [1.82, 2.24) is 4.57 Å². The summed E-state index contributed by atoms with van der Waals surface area (Å²) in [6.07, 6.45) is 5.10. The van der Waals surface area contributed by atoms with Crippen molar-refractivity contribution >= 4 is 5.78 Å². The summed E-state index contributed by atoms with van der Waals surface area (Å²) >= 11 is 0. The number of Topliss-reactive ketones (excluding diaryl/α,β-unsaturated/α-hetero) is 1. The van der Waals surface area contributed by atoms with Crippen LogP contribution < -0.4 is 0 Å². The van der Waals surface area contributed by atoms with Crippen molar-refractivity contribution in [3.63, 3.8) is 0 Å². The highest BCUT2D eigenvalue weighted by Gasteiger charge is 2.48. The maximum Gasteiger partial charge on any atom is 0.165 e. The van der Waals surface area contributed by atoms with Crippen molar-refractivity contribution in [2.45, 2.75) is 53.0 Å². The molecule has 2 heteroatoms. The minimum Gasteiger partial charge on any atom is -0.347 e. The molecule has 0 N–H and O–H groups in total. The molecule has 0 saturated heterocycles. The predicted octanol–water partition coefficient (Wildman–Crippen LogP) is 3.61. The van der Waals surface area contributed by atoms with Crippen LogP contribution in [0.3, 0.4) is 0 Å². The van der Waals surface area contributed by atoms with Crippen LogP contribution in [0.5, 0.6) is 0 Å². The number of aromatic nitrogens is 1. The molecule has 1 unspecified atom stereocenters. The predicted molar refractivity (Wildman–Crippen MR) is 68.3 cm³/mol. The van der Waals surface area contributed by atoms with Crippen LogP contribution in [0.2, 0.25) is 0 Å². The Morgan fingerprint density at radius 1 is 1.24 bits per heavy atom. The van der Waals surface area contributed by atoms with E-state index in [1.54, 1.807) is 0 Å². The van der Waals surface area contributed by atoms with Crippen LogP contribution in [0.25, 0.3) is 0 Å². The molecule has 3 rings (SSSR count). The molecule has 0 bridgehead atoms. The lowest BCUT2D eigenvalue weighted by molar-refractivity contribution is 0.0909. The summed E-state index contributed by atoms with van der Waals surface area (Å²) < 4.78 is 2.37. The van der Waals surface area contributed by atoms with Crippen LogP contribution in [0, 0.1) is 10.8 Å². The third-order valence-electron chi connectivity index (χ3n) is 4.41. The van der Waals surface area contributed by atoms with Gasteiger partial charge in [-0.3, -0.25) is 4.79 Å². The molecule has 0 amide bonds. The molecular formula is C15H21NO. The van der Waals surface area contributed by atoms with Crippen molar-refractivity contribution < 1.29 is 4.79 Å². The maximum atomic E-state index is 12.1. The van der Waals surface area contributed by atoms with E-state index in [4.69, 9.17) is 0 Å². The number of hydrogen-bond acceptors (Lipinski definition) is 1. The van der Waals surface area contributed by atoms with Gasteiger partial charge in [0.05, 0.1) is 0 Å². The van der Waals surface area contributed by atoms with E-state index in [-0.39, 0.29) is 5.41 Å². The van der Waals surface area contributed by atoms with Crippen LogP contribution in [-0.4, -0.2) is 10.4 Å². The summed E-state index contributed by atoms with van der Waals surface area (Å²) in [4.78, 5) is 12.1. The molecule has 2 nitrogen and oxygen atoms in total. The van der Waals surface area contributed by atoms with E-state index >= 15 is 0 Å². The number of rotatable bonds is 1. The van der Waals surface area contributed by atoms with Gasteiger partial charge in [0.2, 0.25) is 0 Å². The maximum absolute atomic E-state index is 12.1. The van der Waals surface area contributed by atoms with Crippen LogP contribution in [0.15, 0.2) is 12.3 Å². The molecule has 0 spiro atoms. The second kappa shape index (κ2) is 3.04. The van der Waals surface area contributed by atoms with Gasteiger partial charge >= 0.3 is 0 Å². The van der Waals surface area contributed by atoms with Crippen molar-refractivity contribution in [3.8, 4) is 0 Å². The number of ketones is 1. The topological polar surface area (TPSA) is 22.0 Å². The van der Waals surface area contributed by atoms with E-state index in [0.29, 0.717) is 23.7 Å². The van der Waals surface area contributed by atoms with E-state index in [2.05, 4.69) is 38.5 Å². The molecule has 17 heavy (non-hydrogen) atoms. The van der Waals surface area contributed by atoms with Gasteiger partial charge in [-0.2, -0.15) is 0 Å². The zero-order chi connectivity index (χ0) is 12.4. The van der Waals surface area contributed by atoms with Gasteiger partial charge in [-0.1, -0.05) is 27.7 Å². The van der Waals surface area contributed by atoms with Crippen molar-refractivity contribution in [1.29, 1.82) is 0 Å². The highest BCUT2D eigenvalue weighted by molar-refractivity contribution is 5.98. The fourth-order valence-corrected chi connectivity index (χ4v) is 3.17. The normalized spacial score (nSPS) is 28.9. The first kappa shape index (κ1) is 11.1. The number of nitrogens with zero attached hydrogens (tertiary/aromatic N) is 1. The first-order valence-corrected chi connectivity index (χ1v) is 6.53. The average molecular weight is 231 g/mol. The van der Waals surface area contributed by atoms with Gasteiger partial charge in [0, 0.05) is 29.9 Å². The molecule has 1 aromatic heterocycles. The molecule has 1 aromatic rings. The lowest BCUT2D eigenvalue weighted by atomic mass is 9.76. The Labute approximate surface area is 103 Å². The summed E-state index contributed by atoms with van der Waals surface area (Å²) in [7, 11) is 0. The Morgan fingerprint density at radius 2 is 1.88 bits per heavy atom. The van der Waals surface area contributed by atoms with Gasteiger partial charge in [0.1, 0.15) is 0 Å². The average Bonchev–Trinajstić information content (AvgIpc) is 2.63. The lowest BCUT2D eigenvalue weighted by Gasteiger charge is -2.30. The van der Waals surface area contributed by atoms with Gasteiger partial charge in [0.25, 0.3) is 0 Å². The molecular weight excluding hydrogens is 210 g/mol. The first-order chi connectivity index (χ1) is 7.80. The Morgan fingerprint density at radius 3 is 2.47 bits per heavy atom. The summed E-state index contributed by atoms with van der Waals surface area (Å²) in [5, 5.41) is 0. The van der Waals surface area contributed by atoms with E-state index in [9.17, 15) is 4.79 Å². The number of carbonyl (C=O) groups is 1. The molecule has 0 radical (unpaired) electrons. The van der Waals surface area contributed by atoms with Gasteiger partial charge in [0.15, 0.2) is 5.78 Å². The Balaban J connectivity index is 2.03. The molecule has 2 aliphatic rings. The molecule has 1 atom stereocenters. The van der Waals surface area contributed by atoms with Crippen molar-refractivity contribution in [3.05, 3.63) is 23.5 Å². The zero-order valence-corrected chi connectivity index (χ0v) is 11.2. The minimum atomic E-state index is 0.124. The monoisotopic (exact) mass is 231 g/mol. The number of hydrogen-bond donors (Lipinski definition) is 0. The molecule has 92 valence electrons. The van der Waals surface area contributed by atoms with E-state index in [0.717, 1.165) is 12.0 Å². The van der Waals surface area contributed by atoms with Gasteiger partial charge in [-0.05, 0) is 29.7 Å². The van der Waals surface area contributed by atoms with Crippen LogP contribution in [0.1, 0.15) is 62.6 Å². The summed E-state index contributed by atoms with van der Waals surface area (Å²) in [6.45, 7) is 9.01. The van der Waals surface area contributed by atoms with Crippen molar-refractivity contribution in [2.75, 3.05) is 0 Å². The number of fused-ring (bicyclic) bond motifs is 1. The Bertz CT molecular complexity index is 493. The quantitative estimate of drug-likeness (QED) is 0.723. The minimum absolute atomic E-state index is 0.124. The van der Waals surface area contributed by atoms with E-state index < -0.39 is 0 Å². The third kappa shape index (κ3) is 1.65. The van der Waals surface area contributed by atoms with Gasteiger partial charge < -0.3 is 4.57 Å². The lowest BCUT2D eigenvalue weighted by Crippen LogP contribution is -2.28. The van der Waals surface area contributed by atoms with Crippen molar-refractivity contribution in [2.24, 2.45) is 10.8 Å². The summed E-state index contributed by atoms with van der Waals surface area (Å²) in [5.74, 6) is 0.327. The first-order valence-electron chi connectivity index (χ1n) is 6.53. The largest absolute Gasteiger partial charge is 0.347 e. The summed E-state index contributed by atoms with van der Waals surface area (Å²) in [6, 6.07) is 2.63. The zero-order valence-electron chi connectivity index (χ0n) is 11.2. The fourth-order valence-electron chi connectivity index (χ4n) is 3.17. The molecule has 0 aromatic carbocycles. The molecule has 1 saturated carbocycles. The Hall–Kier alpha value is -1.05. The second-order valence-electron chi connectivity index (χ2n) is 7.23. The SMILES string of the molecule is CC1(C)CC(=O)c2ccn(C3CC3(C)C)c2C1. The highest BCUT2D eigenvalue weighted by atomic mass is 16.1. The van der Waals surface area contributed by atoms with E-state index in [1.165, 1.54) is 12.1 Å². The fraction of sp³-hybridized carbons (Fsp3) is 0.667. The van der Waals surface area contributed by atoms with Crippen LogP contribution >= 0.6 is 0 Å².